The predicted molar refractivity (Wildman–Crippen MR) is 175 cm³/mol. The van der Waals surface area contributed by atoms with Crippen LogP contribution in [0.1, 0.15) is 16.7 Å². The molecule has 6 aromatic carbocycles. The van der Waals surface area contributed by atoms with Gasteiger partial charge in [0, 0.05) is 44.0 Å². The third-order valence-corrected chi connectivity index (χ3v) is 8.06. The minimum absolute atomic E-state index is 0.542. The van der Waals surface area contributed by atoms with Crippen LogP contribution >= 0.6 is 0 Å². The van der Waals surface area contributed by atoms with Crippen molar-refractivity contribution in [1.29, 1.82) is 0 Å². The van der Waals surface area contributed by atoms with Gasteiger partial charge in [-0.25, -0.2) is 0 Å². The van der Waals surface area contributed by atoms with Crippen molar-refractivity contribution in [3.8, 4) is 5.69 Å². The number of anilines is 1. The Bertz CT molecular complexity index is 2270. The van der Waals surface area contributed by atoms with Crippen molar-refractivity contribution in [1.82, 2.24) is 4.57 Å². The first-order chi connectivity index (χ1) is 20.8. The van der Waals surface area contributed by atoms with E-state index in [9.17, 15) is 0 Å². The molecule has 8 aromatic rings. The number of nitrogen functional groups attached to an aromatic ring is 1. The Labute approximate surface area is 243 Å². The molecular weight excluding hydrogens is 514 g/mol. The number of furan rings is 1. The van der Waals surface area contributed by atoms with Gasteiger partial charge < -0.3 is 14.7 Å². The van der Waals surface area contributed by atoms with Crippen LogP contribution in [0.4, 0.5) is 5.69 Å². The number of nitrogens with zero attached hydrogens (tertiary/aromatic N) is 2. The lowest BCUT2D eigenvalue weighted by molar-refractivity contribution is 0.671. The highest BCUT2D eigenvalue weighted by molar-refractivity contribution is 6.21. The Morgan fingerprint density at radius 3 is 2.14 bits per heavy atom. The van der Waals surface area contributed by atoms with Crippen LogP contribution in [-0.2, 0) is 6.54 Å². The highest BCUT2D eigenvalue weighted by Gasteiger charge is 2.18. The van der Waals surface area contributed by atoms with E-state index < -0.39 is 0 Å². The number of hydrogen-bond acceptors (Lipinski definition) is 3. The summed E-state index contributed by atoms with van der Waals surface area (Å²) in [4.78, 5) is 5.07. The summed E-state index contributed by atoms with van der Waals surface area (Å²) in [5.41, 5.74) is 16.2. The van der Waals surface area contributed by atoms with Gasteiger partial charge in [-0.15, -0.1) is 0 Å². The molecule has 0 aliphatic heterocycles. The minimum atomic E-state index is 0.542. The molecule has 2 N–H and O–H groups in total. The molecule has 4 heteroatoms. The van der Waals surface area contributed by atoms with Gasteiger partial charge in [0.05, 0.1) is 23.3 Å². The first kappa shape index (κ1) is 24.2. The Kier molecular flexibility index (Phi) is 5.64. The van der Waals surface area contributed by atoms with Crippen LogP contribution in [0.2, 0.25) is 0 Å². The van der Waals surface area contributed by atoms with E-state index in [0.29, 0.717) is 6.54 Å². The zero-order valence-electron chi connectivity index (χ0n) is 22.9. The van der Waals surface area contributed by atoms with Gasteiger partial charge in [-0.3, -0.25) is 4.99 Å². The van der Waals surface area contributed by atoms with E-state index in [2.05, 4.69) is 89.5 Å². The predicted octanol–water partition coefficient (Wildman–Crippen LogP) is 9.30. The highest BCUT2D eigenvalue weighted by atomic mass is 16.3. The number of fused-ring (bicyclic) bond motifs is 7. The van der Waals surface area contributed by atoms with Gasteiger partial charge in [-0.2, -0.15) is 0 Å². The number of para-hydroxylation sites is 3. The number of aliphatic imine (C=N–C) groups is 1. The molecule has 4 nitrogen and oxygen atoms in total. The maximum Gasteiger partial charge on any atom is 0.160 e. The fourth-order valence-electron chi connectivity index (χ4n) is 6.06. The van der Waals surface area contributed by atoms with Gasteiger partial charge in [-0.1, -0.05) is 103 Å². The quantitative estimate of drug-likeness (QED) is 0.174. The standard InChI is InChI=1S/C38H27N3O/c39-33-15-7-4-14-32(33)36(26-10-2-1-3-11-26)40-24-25-18-20-27(21-19-25)41-34-16-8-5-12-28(34)30-22-23-31-29-13-6-9-17-35(29)42-38(31)37(30)41/h1-23H,24,39H2/b40-36-. The second-order valence-corrected chi connectivity index (χ2v) is 10.6. The number of aromatic nitrogens is 1. The van der Waals surface area contributed by atoms with E-state index in [-0.39, 0.29) is 0 Å². The molecule has 0 fully saturated rings. The summed E-state index contributed by atoms with van der Waals surface area (Å²) >= 11 is 0. The summed E-state index contributed by atoms with van der Waals surface area (Å²) in [7, 11) is 0. The Morgan fingerprint density at radius 1 is 0.619 bits per heavy atom. The molecule has 0 saturated carbocycles. The number of nitrogens with two attached hydrogens (primary N) is 1. The van der Waals surface area contributed by atoms with E-state index in [4.69, 9.17) is 15.1 Å². The van der Waals surface area contributed by atoms with Crippen LogP contribution in [0.15, 0.2) is 149 Å². The first-order valence-corrected chi connectivity index (χ1v) is 14.1. The van der Waals surface area contributed by atoms with Crippen molar-refractivity contribution in [3.63, 3.8) is 0 Å². The second-order valence-electron chi connectivity index (χ2n) is 10.6. The summed E-state index contributed by atoms with van der Waals surface area (Å²) < 4.78 is 8.81. The zero-order chi connectivity index (χ0) is 28.0. The lowest BCUT2D eigenvalue weighted by atomic mass is 10.0. The smallest absolute Gasteiger partial charge is 0.160 e. The molecule has 2 aromatic heterocycles. The summed E-state index contributed by atoms with van der Waals surface area (Å²) in [6, 6.07) is 48.0. The molecular formula is C38H27N3O. The average Bonchev–Trinajstić information content (AvgIpc) is 3.59. The molecule has 0 aliphatic carbocycles. The molecule has 2 heterocycles. The molecule has 0 amide bonds. The van der Waals surface area contributed by atoms with Crippen molar-refractivity contribution < 1.29 is 4.42 Å². The van der Waals surface area contributed by atoms with Crippen molar-refractivity contribution in [2.75, 3.05) is 5.73 Å². The van der Waals surface area contributed by atoms with Crippen LogP contribution in [0.5, 0.6) is 0 Å². The van der Waals surface area contributed by atoms with E-state index in [1.807, 2.05) is 54.6 Å². The lowest BCUT2D eigenvalue weighted by Crippen LogP contribution is -2.07. The lowest BCUT2D eigenvalue weighted by Gasteiger charge is -2.11. The fourth-order valence-corrected chi connectivity index (χ4v) is 6.06. The van der Waals surface area contributed by atoms with Gasteiger partial charge >= 0.3 is 0 Å². The summed E-state index contributed by atoms with van der Waals surface area (Å²) in [5, 5.41) is 4.64. The molecule has 8 rings (SSSR count). The molecule has 0 aliphatic rings. The Morgan fingerprint density at radius 2 is 1.31 bits per heavy atom. The van der Waals surface area contributed by atoms with Gasteiger partial charge in [0.1, 0.15) is 5.58 Å². The molecule has 200 valence electrons. The fraction of sp³-hybridized carbons (Fsp3) is 0.0263. The van der Waals surface area contributed by atoms with Crippen molar-refractivity contribution in [2.45, 2.75) is 6.54 Å². The molecule has 0 spiro atoms. The van der Waals surface area contributed by atoms with Crippen LogP contribution in [0.25, 0.3) is 49.4 Å². The topological polar surface area (TPSA) is 56.4 Å². The highest BCUT2D eigenvalue weighted by Crippen LogP contribution is 2.40. The van der Waals surface area contributed by atoms with Gasteiger partial charge in [-0.05, 0) is 42.0 Å². The van der Waals surface area contributed by atoms with E-state index >= 15 is 0 Å². The second kappa shape index (κ2) is 9.79. The van der Waals surface area contributed by atoms with Crippen LogP contribution in [0.3, 0.4) is 0 Å². The SMILES string of the molecule is Nc1ccccc1/C(=N\Cc1ccc(-n2c3ccccc3c3ccc4c5ccccc5oc4c32)cc1)c1ccccc1. The van der Waals surface area contributed by atoms with Gasteiger partial charge in [0.2, 0.25) is 0 Å². The largest absolute Gasteiger partial charge is 0.454 e. The first-order valence-electron chi connectivity index (χ1n) is 14.1. The average molecular weight is 542 g/mol. The number of benzene rings is 6. The van der Waals surface area contributed by atoms with Crippen LogP contribution < -0.4 is 5.73 Å². The summed E-state index contributed by atoms with van der Waals surface area (Å²) in [6.45, 7) is 0.542. The van der Waals surface area contributed by atoms with Gasteiger partial charge in [0.25, 0.3) is 0 Å². The maximum atomic E-state index is 6.49. The molecule has 0 saturated heterocycles. The maximum absolute atomic E-state index is 6.49. The van der Waals surface area contributed by atoms with E-state index in [0.717, 1.165) is 66.7 Å². The summed E-state index contributed by atoms with van der Waals surface area (Å²) in [6.07, 6.45) is 0. The Hall–Kier alpha value is -5.61. The summed E-state index contributed by atoms with van der Waals surface area (Å²) in [5.74, 6) is 0. The molecule has 42 heavy (non-hydrogen) atoms. The van der Waals surface area contributed by atoms with Crippen molar-refractivity contribution >= 4 is 55.1 Å². The van der Waals surface area contributed by atoms with Crippen molar-refractivity contribution in [3.05, 3.63) is 156 Å². The van der Waals surface area contributed by atoms with Crippen molar-refractivity contribution in [2.24, 2.45) is 4.99 Å². The molecule has 0 radical (unpaired) electrons. The van der Waals surface area contributed by atoms with Crippen LogP contribution in [-0.4, -0.2) is 10.3 Å². The third-order valence-electron chi connectivity index (χ3n) is 8.06. The minimum Gasteiger partial charge on any atom is -0.454 e. The zero-order valence-corrected chi connectivity index (χ0v) is 22.9. The number of rotatable bonds is 5. The van der Waals surface area contributed by atoms with Crippen LogP contribution in [0, 0.1) is 0 Å². The Balaban J connectivity index is 1.25. The van der Waals surface area contributed by atoms with Gasteiger partial charge in [0.15, 0.2) is 5.58 Å². The monoisotopic (exact) mass is 541 g/mol. The van der Waals surface area contributed by atoms with E-state index in [1.165, 1.54) is 10.8 Å². The molecule has 0 unspecified atom stereocenters. The third kappa shape index (κ3) is 3.88. The number of hydrogen-bond donors (Lipinski definition) is 1. The molecule has 0 bridgehead atoms. The normalized spacial score (nSPS) is 12.1. The van der Waals surface area contributed by atoms with E-state index in [1.54, 1.807) is 0 Å². The molecule has 0 atom stereocenters.